The number of esters is 1. The summed E-state index contributed by atoms with van der Waals surface area (Å²) < 4.78 is 4.78. The summed E-state index contributed by atoms with van der Waals surface area (Å²) in [5.41, 5.74) is 0. The molecule has 0 aliphatic carbocycles. The molecule has 98 valence electrons. The number of hydrogen-bond acceptors (Lipinski definition) is 3. The minimum Gasteiger partial charge on any atom is -0.466 e. The van der Waals surface area contributed by atoms with Crippen molar-refractivity contribution in [2.24, 2.45) is 5.92 Å². The van der Waals surface area contributed by atoms with E-state index in [2.05, 4.69) is 12.2 Å². The van der Waals surface area contributed by atoms with E-state index in [1.165, 1.54) is 0 Å². The molecule has 1 rings (SSSR count). The lowest BCUT2D eigenvalue weighted by Gasteiger charge is -2.30. The Hall–Kier alpha value is -1.26. The highest BCUT2D eigenvalue weighted by Gasteiger charge is 2.19. The van der Waals surface area contributed by atoms with Gasteiger partial charge in [0.1, 0.15) is 0 Å². The van der Waals surface area contributed by atoms with Gasteiger partial charge < -0.3 is 15.0 Å². The normalized spacial score (nSPS) is 16.7. The Morgan fingerprint density at radius 3 is 2.59 bits per heavy atom. The van der Waals surface area contributed by atoms with Crippen molar-refractivity contribution in [3.63, 3.8) is 0 Å². The Morgan fingerprint density at radius 2 is 2.00 bits per heavy atom. The molecule has 1 aliphatic heterocycles. The molecule has 1 heterocycles. The van der Waals surface area contributed by atoms with Crippen LogP contribution in [-0.2, 0) is 9.53 Å². The van der Waals surface area contributed by atoms with Crippen LogP contribution in [0.15, 0.2) is 0 Å². The van der Waals surface area contributed by atoms with Gasteiger partial charge in [-0.15, -0.1) is 0 Å². The van der Waals surface area contributed by atoms with Crippen LogP contribution < -0.4 is 5.32 Å². The summed E-state index contributed by atoms with van der Waals surface area (Å²) in [6, 6.07) is -0.0683. The van der Waals surface area contributed by atoms with Crippen molar-refractivity contribution >= 4 is 12.0 Å². The summed E-state index contributed by atoms with van der Waals surface area (Å²) in [6.45, 7) is 6.33. The summed E-state index contributed by atoms with van der Waals surface area (Å²) in [4.78, 5) is 24.6. The van der Waals surface area contributed by atoms with E-state index in [0.717, 1.165) is 25.9 Å². The van der Waals surface area contributed by atoms with Crippen LogP contribution in [0, 0.1) is 5.92 Å². The fourth-order valence-electron chi connectivity index (χ4n) is 1.83. The lowest BCUT2D eigenvalue weighted by atomic mass is 10.00. The predicted molar refractivity (Wildman–Crippen MR) is 64.6 cm³/mol. The van der Waals surface area contributed by atoms with Gasteiger partial charge in [-0.25, -0.2) is 4.79 Å². The number of urea groups is 1. The number of ether oxygens (including phenoxy) is 1. The maximum absolute atomic E-state index is 11.7. The molecule has 1 N–H and O–H groups in total. The van der Waals surface area contributed by atoms with E-state index in [4.69, 9.17) is 4.74 Å². The number of amides is 2. The van der Waals surface area contributed by atoms with Crippen molar-refractivity contribution in [2.45, 2.75) is 33.1 Å². The second-order valence-corrected chi connectivity index (χ2v) is 4.46. The highest BCUT2D eigenvalue weighted by atomic mass is 16.5. The molecule has 0 atom stereocenters. The van der Waals surface area contributed by atoms with Crippen LogP contribution in [0.4, 0.5) is 4.79 Å². The summed E-state index contributed by atoms with van der Waals surface area (Å²) in [7, 11) is 0. The first-order valence-corrected chi connectivity index (χ1v) is 6.32. The molecule has 1 aliphatic rings. The predicted octanol–water partition coefficient (Wildman–Crippen LogP) is 1.38. The average molecular weight is 242 g/mol. The minimum absolute atomic E-state index is 0.0683. The van der Waals surface area contributed by atoms with Crippen LogP contribution in [0.5, 0.6) is 0 Å². The van der Waals surface area contributed by atoms with Gasteiger partial charge in [-0.3, -0.25) is 4.79 Å². The summed E-state index contributed by atoms with van der Waals surface area (Å²) >= 11 is 0. The number of nitrogens with one attached hydrogen (secondary N) is 1. The zero-order valence-corrected chi connectivity index (χ0v) is 10.7. The van der Waals surface area contributed by atoms with Crippen LogP contribution in [0.2, 0.25) is 0 Å². The van der Waals surface area contributed by atoms with Gasteiger partial charge in [-0.2, -0.15) is 0 Å². The number of carbonyl (C=O) groups is 2. The van der Waals surface area contributed by atoms with Crippen molar-refractivity contribution in [3.05, 3.63) is 0 Å². The quantitative estimate of drug-likeness (QED) is 0.758. The molecule has 0 saturated carbocycles. The number of rotatable bonds is 4. The van der Waals surface area contributed by atoms with Crippen LogP contribution in [0.25, 0.3) is 0 Å². The van der Waals surface area contributed by atoms with Crippen LogP contribution in [0.1, 0.15) is 33.1 Å². The molecule has 1 saturated heterocycles. The number of nitrogens with zero attached hydrogens (tertiary/aromatic N) is 1. The van der Waals surface area contributed by atoms with Gasteiger partial charge in [0.25, 0.3) is 0 Å². The van der Waals surface area contributed by atoms with E-state index in [9.17, 15) is 9.59 Å². The molecule has 1 fully saturated rings. The zero-order valence-electron chi connectivity index (χ0n) is 10.7. The van der Waals surface area contributed by atoms with E-state index in [1.807, 2.05) is 4.90 Å². The lowest BCUT2D eigenvalue weighted by molar-refractivity contribution is -0.142. The Morgan fingerprint density at radius 1 is 1.35 bits per heavy atom. The first-order chi connectivity index (χ1) is 8.13. The van der Waals surface area contributed by atoms with Gasteiger partial charge in [0.15, 0.2) is 0 Å². The van der Waals surface area contributed by atoms with E-state index in [-0.39, 0.29) is 18.4 Å². The Balaban J connectivity index is 2.14. The lowest BCUT2D eigenvalue weighted by Crippen LogP contribution is -2.44. The molecule has 0 unspecified atom stereocenters. The Kier molecular flexibility index (Phi) is 5.80. The number of piperidine rings is 1. The molecule has 2 amide bonds. The summed E-state index contributed by atoms with van der Waals surface area (Å²) in [6.07, 6.45) is 2.36. The SMILES string of the molecule is CCOC(=O)CCNC(=O)N1CCC(C)CC1. The summed E-state index contributed by atoms with van der Waals surface area (Å²) in [5, 5.41) is 2.74. The number of hydrogen-bond donors (Lipinski definition) is 1. The second-order valence-electron chi connectivity index (χ2n) is 4.46. The van der Waals surface area contributed by atoms with Crippen molar-refractivity contribution < 1.29 is 14.3 Å². The molecule has 0 bridgehead atoms. The zero-order chi connectivity index (χ0) is 12.7. The van der Waals surface area contributed by atoms with Gasteiger partial charge in [0.2, 0.25) is 0 Å². The van der Waals surface area contributed by atoms with E-state index in [1.54, 1.807) is 6.92 Å². The third kappa shape index (κ3) is 5.06. The first kappa shape index (κ1) is 13.8. The Bertz CT molecular complexity index is 260. The highest BCUT2D eigenvalue weighted by molar-refractivity contribution is 5.75. The topological polar surface area (TPSA) is 58.6 Å². The van der Waals surface area contributed by atoms with Crippen molar-refractivity contribution in [1.82, 2.24) is 10.2 Å². The maximum atomic E-state index is 11.7. The largest absolute Gasteiger partial charge is 0.466 e. The minimum atomic E-state index is -0.264. The monoisotopic (exact) mass is 242 g/mol. The molecule has 0 aromatic rings. The van der Waals surface area contributed by atoms with Crippen molar-refractivity contribution in [2.75, 3.05) is 26.2 Å². The molecule has 0 spiro atoms. The van der Waals surface area contributed by atoms with Gasteiger partial charge >= 0.3 is 12.0 Å². The molecule has 5 heteroatoms. The van der Waals surface area contributed by atoms with Crippen LogP contribution in [0.3, 0.4) is 0 Å². The van der Waals surface area contributed by atoms with E-state index < -0.39 is 0 Å². The molecule has 5 nitrogen and oxygen atoms in total. The molecular formula is C12H22N2O3. The van der Waals surface area contributed by atoms with Crippen molar-refractivity contribution in [3.8, 4) is 0 Å². The molecular weight excluding hydrogens is 220 g/mol. The van der Waals surface area contributed by atoms with Gasteiger partial charge in [0, 0.05) is 19.6 Å². The number of likely N-dealkylation sites (tertiary alicyclic amines) is 1. The van der Waals surface area contributed by atoms with Gasteiger partial charge in [0.05, 0.1) is 13.0 Å². The standard InChI is InChI=1S/C12H22N2O3/c1-3-17-11(15)4-7-13-12(16)14-8-5-10(2)6-9-14/h10H,3-9H2,1-2H3,(H,13,16). The third-order valence-corrected chi connectivity index (χ3v) is 2.98. The van der Waals surface area contributed by atoms with Crippen molar-refractivity contribution in [1.29, 1.82) is 0 Å². The fourth-order valence-corrected chi connectivity index (χ4v) is 1.83. The van der Waals surface area contributed by atoms with E-state index in [0.29, 0.717) is 19.1 Å². The van der Waals surface area contributed by atoms with Gasteiger partial charge in [-0.1, -0.05) is 6.92 Å². The number of carbonyl (C=O) groups excluding carboxylic acids is 2. The van der Waals surface area contributed by atoms with Gasteiger partial charge in [-0.05, 0) is 25.7 Å². The molecule has 0 radical (unpaired) electrons. The molecule has 17 heavy (non-hydrogen) atoms. The van der Waals surface area contributed by atoms with E-state index >= 15 is 0 Å². The summed E-state index contributed by atoms with van der Waals surface area (Å²) in [5.74, 6) is 0.443. The average Bonchev–Trinajstić information content (AvgIpc) is 2.30. The second kappa shape index (κ2) is 7.14. The molecule has 0 aromatic carbocycles. The van der Waals surface area contributed by atoms with Crippen LogP contribution >= 0.6 is 0 Å². The third-order valence-electron chi connectivity index (χ3n) is 2.98. The maximum Gasteiger partial charge on any atom is 0.317 e. The smallest absolute Gasteiger partial charge is 0.317 e. The fraction of sp³-hybridized carbons (Fsp3) is 0.833. The molecule has 0 aromatic heterocycles. The van der Waals surface area contributed by atoms with Crippen LogP contribution in [-0.4, -0.2) is 43.1 Å². The first-order valence-electron chi connectivity index (χ1n) is 6.32. The highest BCUT2D eigenvalue weighted by Crippen LogP contribution is 2.15. The Labute approximate surface area is 102 Å².